The van der Waals surface area contributed by atoms with Crippen LogP contribution in [-0.4, -0.2) is 22.4 Å². The Kier molecular flexibility index (Phi) is 3.90. The van der Waals surface area contributed by atoms with Crippen LogP contribution in [0.2, 0.25) is 0 Å². The van der Waals surface area contributed by atoms with Gasteiger partial charge < -0.3 is 10.6 Å². The van der Waals surface area contributed by atoms with E-state index in [9.17, 15) is 4.79 Å². The molecule has 2 N–H and O–H groups in total. The molecule has 1 aromatic heterocycles. The first-order valence-electron chi connectivity index (χ1n) is 6.83. The molecule has 1 aliphatic rings. The van der Waals surface area contributed by atoms with E-state index in [1.165, 1.54) is 11.8 Å². The maximum atomic E-state index is 11.9. The Morgan fingerprint density at radius 3 is 3.00 bits per heavy atom. The minimum Gasteiger partial charge on any atom is -0.324 e. The second-order valence-corrected chi connectivity index (χ2v) is 5.85. The van der Waals surface area contributed by atoms with Gasteiger partial charge in [-0.3, -0.25) is 4.79 Å². The third kappa shape index (κ3) is 2.91. The molecule has 2 aromatic rings. The van der Waals surface area contributed by atoms with E-state index >= 15 is 0 Å². The number of aryl methyl sites for hydroxylation is 1. The predicted octanol–water partition coefficient (Wildman–Crippen LogP) is 2.54. The van der Waals surface area contributed by atoms with Crippen molar-refractivity contribution in [3.05, 3.63) is 41.7 Å². The van der Waals surface area contributed by atoms with Crippen molar-refractivity contribution in [2.45, 2.75) is 29.9 Å². The molecule has 0 aliphatic carbocycles. The van der Waals surface area contributed by atoms with Gasteiger partial charge in [-0.25, -0.2) is 9.97 Å². The molecular formula is C15H16N4OS. The lowest BCUT2D eigenvalue weighted by atomic mass is 10.1. The highest BCUT2D eigenvalue weighted by Crippen LogP contribution is 2.35. The van der Waals surface area contributed by atoms with Crippen molar-refractivity contribution in [1.29, 1.82) is 0 Å². The van der Waals surface area contributed by atoms with E-state index in [4.69, 9.17) is 0 Å². The fraction of sp³-hybridized carbons (Fsp3) is 0.267. The molecule has 0 spiro atoms. The lowest BCUT2D eigenvalue weighted by Crippen LogP contribution is -2.27. The maximum Gasteiger partial charge on any atom is 0.246 e. The largest absolute Gasteiger partial charge is 0.324 e. The molecule has 1 unspecified atom stereocenters. The number of benzene rings is 1. The Bertz CT molecular complexity index is 689. The molecule has 0 bridgehead atoms. The molecule has 1 atom stereocenters. The van der Waals surface area contributed by atoms with Crippen LogP contribution in [0.3, 0.4) is 0 Å². The van der Waals surface area contributed by atoms with E-state index in [1.54, 1.807) is 6.20 Å². The number of amides is 1. The number of rotatable bonds is 4. The second-order valence-electron chi connectivity index (χ2n) is 4.81. The highest BCUT2D eigenvalue weighted by molar-refractivity contribution is 7.99. The summed E-state index contributed by atoms with van der Waals surface area (Å²) in [7, 11) is 0. The zero-order valence-corrected chi connectivity index (χ0v) is 12.7. The first-order chi connectivity index (χ1) is 10.2. The van der Waals surface area contributed by atoms with Crippen LogP contribution in [0.1, 0.15) is 24.2 Å². The summed E-state index contributed by atoms with van der Waals surface area (Å²) in [6, 6.07) is 7.58. The van der Waals surface area contributed by atoms with Crippen molar-refractivity contribution in [3.63, 3.8) is 0 Å². The van der Waals surface area contributed by atoms with E-state index < -0.39 is 0 Å². The van der Waals surface area contributed by atoms with Crippen LogP contribution in [-0.2, 0) is 4.79 Å². The number of nitrogens with one attached hydrogen (secondary N) is 2. The summed E-state index contributed by atoms with van der Waals surface area (Å²) in [6.07, 6.45) is 1.75. The van der Waals surface area contributed by atoms with Gasteiger partial charge in [-0.2, -0.15) is 0 Å². The Hall–Kier alpha value is -1.92. The topological polar surface area (TPSA) is 66.9 Å². The average molecular weight is 300 g/mol. The molecule has 1 aliphatic heterocycles. The van der Waals surface area contributed by atoms with Crippen LogP contribution in [0.4, 0.5) is 5.69 Å². The van der Waals surface area contributed by atoms with Crippen LogP contribution in [0, 0.1) is 6.92 Å². The molecule has 1 aromatic carbocycles. The summed E-state index contributed by atoms with van der Waals surface area (Å²) in [5.41, 5.74) is 2.80. The van der Waals surface area contributed by atoms with Gasteiger partial charge in [-0.05, 0) is 43.4 Å². The van der Waals surface area contributed by atoms with Crippen LogP contribution in [0.5, 0.6) is 0 Å². The van der Waals surface area contributed by atoms with E-state index in [2.05, 4.69) is 20.6 Å². The number of nitrogens with zero attached hydrogens (tertiary/aromatic N) is 2. The van der Waals surface area contributed by atoms with Crippen LogP contribution < -0.4 is 10.6 Å². The first-order valence-corrected chi connectivity index (χ1v) is 7.64. The molecule has 2 heterocycles. The SMILES string of the molecule is CCNC1C(=O)Nc2cc(Sc3nccc(C)n3)ccc21. The number of fused-ring (bicyclic) bond motifs is 1. The maximum absolute atomic E-state index is 11.9. The van der Waals surface area contributed by atoms with Gasteiger partial charge >= 0.3 is 0 Å². The Balaban J connectivity index is 1.84. The number of carbonyl (C=O) groups is 1. The monoisotopic (exact) mass is 300 g/mol. The summed E-state index contributed by atoms with van der Waals surface area (Å²) in [4.78, 5) is 21.6. The molecule has 0 saturated carbocycles. The van der Waals surface area contributed by atoms with Gasteiger partial charge in [0.1, 0.15) is 6.04 Å². The number of hydrogen-bond acceptors (Lipinski definition) is 5. The fourth-order valence-electron chi connectivity index (χ4n) is 2.29. The molecule has 0 radical (unpaired) electrons. The van der Waals surface area contributed by atoms with Crippen molar-refractivity contribution in [2.75, 3.05) is 11.9 Å². The minimum absolute atomic E-state index is 0.000746. The highest BCUT2D eigenvalue weighted by atomic mass is 32.2. The Morgan fingerprint density at radius 1 is 1.38 bits per heavy atom. The Labute approximate surface area is 127 Å². The molecule has 3 rings (SSSR count). The molecule has 1 amide bonds. The smallest absolute Gasteiger partial charge is 0.246 e. The van der Waals surface area contributed by atoms with Gasteiger partial charge in [0.05, 0.1) is 0 Å². The number of likely N-dealkylation sites (N-methyl/N-ethyl adjacent to an activating group) is 1. The third-order valence-corrected chi connectivity index (χ3v) is 4.11. The third-order valence-electron chi connectivity index (χ3n) is 3.25. The second kappa shape index (κ2) is 5.83. The van der Waals surface area contributed by atoms with Crippen LogP contribution in [0.15, 0.2) is 40.5 Å². The van der Waals surface area contributed by atoms with E-state index in [0.29, 0.717) is 5.16 Å². The van der Waals surface area contributed by atoms with Gasteiger partial charge in [-0.15, -0.1) is 0 Å². The minimum atomic E-state index is -0.251. The van der Waals surface area contributed by atoms with Crippen molar-refractivity contribution in [3.8, 4) is 0 Å². The van der Waals surface area contributed by atoms with Gasteiger partial charge in [0.15, 0.2) is 5.16 Å². The number of carbonyl (C=O) groups excluding carboxylic acids is 1. The summed E-state index contributed by atoms with van der Waals surface area (Å²) in [6.45, 7) is 4.69. The molecular weight excluding hydrogens is 284 g/mol. The molecule has 5 nitrogen and oxygen atoms in total. The lowest BCUT2D eigenvalue weighted by Gasteiger charge is -2.09. The first kappa shape index (κ1) is 14.0. The summed E-state index contributed by atoms with van der Waals surface area (Å²) < 4.78 is 0. The van der Waals surface area contributed by atoms with Gasteiger partial charge in [0.25, 0.3) is 0 Å². The summed E-state index contributed by atoms with van der Waals surface area (Å²) >= 11 is 1.49. The summed E-state index contributed by atoms with van der Waals surface area (Å²) in [5, 5.41) is 6.81. The van der Waals surface area contributed by atoms with Crippen LogP contribution in [0.25, 0.3) is 0 Å². The van der Waals surface area contributed by atoms with Gasteiger partial charge in [-0.1, -0.05) is 13.0 Å². The quantitative estimate of drug-likeness (QED) is 0.849. The van der Waals surface area contributed by atoms with E-state index in [1.807, 2.05) is 38.1 Å². The van der Waals surface area contributed by atoms with Gasteiger partial charge in [0, 0.05) is 28.0 Å². The van der Waals surface area contributed by atoms with Crippen molar-refractivity contribution >= 4 is 23.4 Å². The molecule has 6 heteroatoms. The molecule has 0 fully saturated rings. The van der Waals surface area contributed by atoms with Gasteiger partial charge in [0.2, 0.25) is 5.91 Å². The zero-order valence-electron chi connectivity index (χ0n) is 11.9. The Morgan fingerprint density at radius 2 is 2.24 bits per heavy atom. The molecule has 0 saturated heterocycles. The standard InChI is InChI=1S/C15H16N4OS/c1-3-16-13-11-5-4-10(8-12(11)19-14(13)20)21-15-17-7-6-9(2)18-15/h4-8,13,16H,3H2,1-2H3,(H,19,20). The highest BCUT2D eigenvalue weighted by Gasteiger charge is 2.29. The zero-order chi connectivity index (χ0) is 14.8. The number of aromatic nitrogens is 2. The average Bonchev–Trinajstić information content (AvgIpc) is 2.75. The predicted molar refractivity (Wildman–Crippen MR) is 82.4 cm³/mol. The molecule has 108 valence electrons. The van der Waals surface area contributed by atoms with E-state index in [-0.39, 0.29) is 11.9 Å². The lowest BCUT2D eigenvalue weighted by molar-refractivity contribution is -0.117. The fourth-order valence-corrected chi connectivity index (χ4v) is 3.12. The van der Waals surface area contributed by atoms with Crippen LogP contribution >= 0.6 is 11.8 Å². The number of hydrogen-bond donors (Lipinski definition) is 2. The van der Waals surface area contributed by atoms with Crippen molar-refractivity contribution in [1.82, 2.24) is 15.3 Å². The van der Waals surface area contributed by atoms with Crippen molar-refractivity contribution < 1.29 is 4.79 Å². The normalized spacial score (nSPS) is 16.7. The number of anilines is 1. The summed E-state index contributed by atoms with van der Waals surface area (Å²) in [5.74, 6) is 0.000746. The van der Waals surface area contributed by atoms with Crippen molar-refractivity contribution in [2.24, 2.45) is 0 Å². The molecule has 21 heavy (non-hydrogen) atoms. The van der Waals surface area contributed by atoms with E-state index in [0.717, 1.165) is 28.4 Å².